The number of hydrogen-bond acceptors (Lipinski definition) is 5. The number of hydrogen-bond donors (Lipinski definition) is 2. The van der Waals surface area contributed by atoms with Crippen molar-refractivity contribution >= 4 is 28.9 Å². The number of carbonyl (C=O) groups is 2. The van der Waals surface area contributed by atoms with E-state index in [1.807, 2.05) is 24.3 Å². The minimum atomic E-state index is -0.350. The summed E-state index contributed by atoms with van der Waals surface area (Å²) >= 11 is 0. The van der Waals surface area contributed by atoms with E-state index in [1.54, 1.807) is 30.3 Å². The number of nitrogens with zero attached hydrogens (tertiary/aromatic N) is 2. The maximum absolute atomic E-state index is 12.4. The van der Waals surface area contributed by atoms with Crippen molar-refractivity contribution in [2.75, 3.05) is 10.6 Å². The zero-order valence-electron chi connectivity index (χ0n) is 15.2. The largest absolute Gasteiger partial charge is 0.340 e. The van der Waals surface area contributed by atoms with Gasteiger partial charge in [-0.3, -0.25) is 9.59 Å². The molecule has 1 aromatic heterocycles. The van der Waals surface area contributed by atoms with Crippen LogP contribution in [0.5, 0.6) is 0 Å². The summed E-state index contributed by atoms with van der Waals surface area (Å²) in [5.74, 6) is 0.162. The Morgan fingerprint density at radius 2 is 1.59 bits per heavy atom. The van der Waals surface area contributed by atoms with E-state index in [0.717, 1.165) is 12.1 Å². The van der Waals surface area contributed by atoms with Crippen molar-refractivity contribution in [2.24, 2.45) is 0 Å². The van der Waals surface area contributed by atoms with Crippen LogP contribution in [0.15, 0.2) is 60.9 Å². The molecule has 0 bridgehead atoms. The van der Waals surface area contributed by atoms with Gasteiger partial charge >= 0.3 is 0 Å². The number of carbonyl (C=O) groups excluding carboxylic acids is 2. The zero-order valence-corrected chi connectivity index (χ0v) is 15.2. The molecule has 1 heterocycles. The summed E-state index contributed by atoms with van der Waals surface area (Å²) in [5.41, 5.74) is 3.56. The zero-order chi connectivity index (χ0) is 19.2. The third kappa shape index (κ3) is 4.76. The first-order chi connectivity index (χ1) is 13.0. The molecule has 0 aliphatic rings. The molecule has 3 aromatic rings. The van der Waals surface area contributed by atoms with Gasteiger partial charge < -0.3 is 10.6 Å². The van der Waals surface area contributed by atoms with Gasteiger partial charge in [0.1, 0.15) is 17.8 Å². The molecule has 3 rings (SSSR count). The summed E-state index contributed by atoms with van der Waals surface area (Å²) in [4.78, 5) is 31.9. The summed E-state index contributed by atoms with van der Waals surface area (Å²) < 4.78 is 0. The highest BCUT2D eigenvalue weighted by Crippen LogP contribution is 2.17. The molecule has 6 heteroatoms. The predicted molar refractivity (Wildman–Crippen MR) is 106 cm³/mol. The molecule has 1 amide bonds. The van der Waals surface area contributed by atoms with Crippen LogP contribution in [-0.2, 0) is 6.42 Å². The van der Waals surface area contributed by atoms with Crippen LogP contribution in [0.4, 0.5) is 17.2 Å². The van der Waals surface area contributed by atoms with Crippen LogP contribution in [0.25, 0.3) is 0 Å². The van der Waals surface area contributed by atoms with Crippen molar-refractivity contribution in [1.82, 2.24) is 9.97 Å². The van der Waals surface area contributed by atoms with Crippen molar-refractivity contribution in [3.63, 3.8) is 0 Å². The topological polar surface area (TPSA) is 84.0 Å². The molecule has 0 aliphatic heterocycles. The highest BCUT2D eigenvalue weighted by Gasteiger charge is 2.10. The molecule has 2 aromatic carbocycles. The summed E-state index contributed by atoms with van der Waals surface area (Å²) in [7, 11) is 0. The molecular formula is C21H20N4O2. The van der Waals surface area contributed by atoms with Crippen LogP contribution < -0.4 is 10.6 Å². The van der Waals surface area contributed by atoms with Crippen LogP contribution >= 0.6 is 0 Å². The number of benzene rings is 2. The van der Waals surface area contributed by atoms with Crippen LogP contribution in [-0.4, -0.2) is 21.7 Å². The smallest absolute Gasteiger partial charge is 0.274 e. The number of ketones is 1. The second-order valence-corrected chi connectivity index (χ2v) is 6.05. The fourth-order valence-corrected chi connectivity index (χ4v) is 2.50. The molecule has 0 fully saturated rings. The predicted octanol–water partition coefficient (Wildman–Crippen LogP) is 4.24. The molecule has 0 saturated carbocycles. The van der Waals surface area contributed by atoms with Crippen molar-refractivity contribution in [3.8, 4) is 0 Å². The second-order valence-electron chi connectivity index (χ2n) is 6.05. The van der Waals surface area contributed by atoms with Crippen molar-refractivity contribution in [3.05, 3.63) is 77.7 Å². The first-order valence-electron chi connectivity index (χ1n) is 8.65. The third-order valence-electron chi connectivity index (χ3n) is 4.08. The number of Topliss-reactive ketones (excluding diaryl/α,β-unsaturated/α-hetero) is 1. The molecule has 0 aliphatic carbocycles. The van der Waals surface area contributed by atoms with Crippen molar-refractivity contribution in [2.45, 2.75) is 20.3 Å². The fourth-order valence-electron chi connectivity index (χ4n) is 2.50. The van der Waals surface area contributed by atoms with Crippen LogP contribution in [0.1, 0.15) is 40.3 Å². The van der Waals surface area contributed by atoms with Crippen LogP contribution in [0, 0.1) is 0 Å². The Morgan fingerprint density at radius 3 is 2.22 bits per heavy atom. The van der Waals surface area contributed by atoms with Gasteiger partial charge in [0.25, 0.3) is 5.91 Å². The summed E-state index contributed by atoms with van der Waals surface area (Å²) in [6.07, 6.45) is 2.32. The number of aryl methyl sites for hydroxylation is 1. The van der Waals surface area contributed by atoms with Gasteiger partial charge in [0.05, 0.1) is 0 Å². The minimum absolute atomic E-state index is 0.0219. The Morgan fingerprint density at radius 1 is 0.926 bits per heavy atom. The highest BCUT2D eigenvalue weighted by molar-refractivity contribution is 6.03. The molecular weight excluding hydrogens is 340 g/mol. The number of anilines is 3. The lowest BCUT2D eigenvalue weighted by atomic mass is 10.1. The van der Waals surface area contributed by atoms with Gasteiger partial charge in [0.2, 0.25) is 0 Å². The van der Waals surface area contributed by atoms with Gasteiger partial charge in [-0.05, 0) is 55.3 Å². The maximum Gasteiger partial charge on any atom is 0.274 e. The maximum atomic E-state index is 12.4. The van der Waals surface area contributed by atoms with E-state index >= 15 is 0 Å². The van der Waals surface area contributed by atoms with E-state index in [4.69, 9.17) is 0 Å². The van der Waals surface area contributed by atoms with E-state index in [-0.39, 0.29) is 17.4 Å². The Hall–Kier alpha value is -3.54. The molecule has 6 nitrogen and oxygen atoms in total. The van der Waals surface area contributed by atoms with E-state index in [0.29, 0.717) is 17.1 Å². The normalized spacial score (nSPS) is 10.3. The molecule has 136 valence electrons. The highest BCUT2D eigenvalue weighted by atomic mass is 16.2. The molecule has 0 spiro atoms. The average Bonchev–Trinajstić information content (AvgIpc) is 2.69. The van der Waals surface area contributed by atoms with Gasteiger partial charge in [-0.2, -0.15) is 0 Å². The van der Waals surface area contributed by atoms with Crippen LogP contribution in [0.2, 0.25) is 0 Å². The lowest BCUT2D eigenvalue weighted by Gasteiger charge is -2.08. The van der Waals surface area contributed by atoms with Gasteiger partial charge in [0.15, 0.2) is 5.78 Å². The third-order valence-corrected chi connectivity index (χ3v) is 4.08. The fraction of sp³-hybridized carbons (Fsp3) is 0.143. The Kier molecular flexibility index (Phi) is 5.56. The number of rotatable bonds is 6. The number of amides is 1. The molecule has 0 unspecified atom stereocenters. The number of nitrogens with one attached hydrogen (secondary N) is 2. The summed E-state index contributed by atoms with van der Waals surface area (Å²) in [6, 6.07) is 16.3. The second kappa shape index (κ2) is 8.23. The first-order valence-corrected chi connectivity index (χ1v) is 8.65. The molecule has 0 atom stereocenters. The van der Waals surface area contributed by atoms with E-state index in [2.05, 4.69) is 27.5 Å². The summed E-state index contributed by atoms with van der Waals surface area (Å²) in [6.45, 7) is 3.60. The van der Waals surface area contributed by atoms with Gasteiger partial charge in [-0.1, -0.05) is 19.1 Å². The molecule has 0 saturated heterocycles. The lowest BCUT2D eigenvalue weighted by Crippen LogP contribution is -2.14. The first kappa shape index (κ1) is 18.3. The van der Waals surface area contributed by atoms with E-state index in [1.165, 1.54) is 18.8 Å². The average molecular weight is 360 g/mol. The summed E-state index contributed by atoms with van der Waals surface area (Å²) in [5, 5.41) is 5.93. The Labute approximate surface area is 157 Å². The lowest BCUT2D eigenvalue weighted by molar-refractivity contribution is 0.101. The molecule has 0 radical (unpaired) electrons. The van der Waals surface area contributed by atoms with Gasteiger partial charge in [0, 0.05) is 23.0 Å². The SMILES string of the molecule is CCc1ccc(Nc2cc(C(=O)Nc3ccc(C(C)=O)cc3)ncn2)cc1. The van der Waals surface area contributed by atoms with Gasteiger partial charge in [-0.25, -0.2) is 9.97 Å². The molecule has 27 heavy (non-hydrogen) atoms. The van der Waals surface area contributed by atoms with Crippen molar-refractivity contribution in [1.29, 1.82) is 0 Å². The van der Waals surface area contributed by atoms with Gasteiger partial charge in [-0.15, -0.1) is 0 Å². The number of aromatic nitrogens is 2. The minimum Gasteiger partial charge on any atom is -0.340 e. The van der Waals surface area contributed by atoms with Crippen LogP contribution in [0.3, 0.4) is 0 Å². The quantitative estimate of drug-likeness (QED) is 0.643. The Bertz CT molecular complexity index is 951. The monoisotopic (exact) mass is 360 g/mol. The van der Waals surface area contributed by atoms with E-state index in [9.17, 15) is 9.59 Å². The van der Waals surface area contributed by atoms with Crippen molar-refractivity contribution < 1.29 is 9.59 Å². The standard InChI is InChI=1S/C21H20N4O2/c1-3-15-4-8-17(9-5-15)24-20-12-19(22-13-23-20)21(27)25-18-10-6-16(7-11-18)14(2)26/h4-13H,3H2,1-2H3,(H,25,27)(H,22,23,24). The van der Waals surface area contributed by atoms with E-state index < -0.39 is 0 Å². The molecule has 2 N–H and O–H groups in total. The Balaban J connectivity index is 1.70.